The third kappa shape index (κ3) is 4.67. The molecule has 0 radical (unpaired) electrons. The van der Waals surface area contributed by atoms with E-state index in [1.165, 1.54) is 23.3 Å². The zero-order valence-corrected chi connectivity index (χ0v) is 24.4. The number of aliphatic hydroxyl groups is 1. The summed E-state index contributed by atoms with van der Waals surface area (Å²) in [7, 11) is 1.63. The normalized spacial score (nSPS) is 18.6. The molecular weight excluding hydrogens is 548 g/mol. The summed E-state index contributed by atoms with van der Waals surface area (Å²) >= 11 is 1.44. The van der Waals surface area contributed by atoms with Crippen LogP contribution < -0.4 is 9.64 Å². The Morgan fingerprint density at radius 1 is 1.05 bits per heavy atom. The molecule has 11 heteroatoms. The van der Waals surface area contributed by atoms with Crippen LogP contribution in [0.25, 0.3) is 27.1 Å². The van der Waals surface area contributed by atoms with Crippen molar-refractivity contribution in [1.82, 2.24) is 29.5 Å². The molecule has 8 rings (SSSR count). The fourth-order valence-electron chi connectivity index (χ4n) is 5.95. The number of aromatic nitrogens is 5. The van der Waals surface area contributed by atoms with Gasteiger partial charge < -0.3 is 14.7 Å². The van der Waals surface area contributed by atoms with Gasteiger partial charge in [-0.1, -0.05) is 6.07 Å². The van der Waals surface area contributed by atoms with Gasteiger partial charge in [0.15, 0.2) is 0 Å². The Bertz CT molecular complexity index is 1790. The van der Waals surface area contributed by atoms with Gasteiger partial charge in [-0.3, -0.25) is 4.90 Å². The van der Waals surface area contributed by atoms with Crippen LogP contribution in [-0.4, -0.2) is 66.9 Å². The predicted molar refractivity (Wildman–Crippen MR) is 160 cm³/mol. The molecule has 3 aliphatic heterocycles. The van der Waals surface area contributed by atoms with Gasteiger partial charge in [0.25, 0.3) is 0 Å². The number of pyridine rings is 3. The second kappa shape index (κ2) is 10.2. The van der Waals surface area contributed by atoms with Gasteiger partial charge in [-0.05, 0) is 44.0 Å². The van der Waals surface area contributed by atoms with Crippen molar-refractivity contribution in [3.05, 3.63) is 77.5 Å². The maximum atomic E-state index is 10.4. The first kappa shape index (κ1) is 26.5. The molecule has 3 fully saturated rings. The minimum atomic E-state index is -1.02. The summed E-state index contributed by atoms with van der Waals surface area (Å²) in [5, 5.41) is 25.3. The van der Waals surface area contributed by atoms with Crippen LogP contribution in [0.15, 0.2) is 61.3 Å². The highest BCUT2D eigenvalue weighted by Gasteiger charge is 2.44. The number of thiazole rings is 1. The number of methoxy groups -OCH3 is 1. The molecule has 212 valence electrons. The Morgan fingerprint density at radius 2 is 1.88 bits per heavy atom. The Balaban J connectivity index is 1.13. The first-order valence-electron chi connectivity index (χ1n) is 13.9. The Morgan fingerprint density at radius 3 is 2.52 bits per heavy atom. The number of hydrogen-bond donors (Lipinski definition) is 1. The lowest BCUT2D eigenvalue weighted by molar-refractivity contribution is -0.00876. The fourth-order valence-corrected chi connectivity index (χ4v) is 6.85. The van der Waals surface area contributed by atoms with Gasteiger partial charge >= 0.3 is 0 Å². The van der Waals surface area contributed by atoms with Crippen molar-refractivity contribution in [3.63, 3.8) is 0 Å². The molecule has 2 atom stereocenters. The molecule has 0 spiro atoms. The highest BCUT2D eigenvalue weighted by atomic mass is 32.1. The van der Waals surface area contributed by atoms with E-state index in [0.29, 0.717) is 28.5 Å². The van der Waals surface area contributed by atoms with Gasteiger partial charge in [0.05, 0.1) is 29.3 Å². The summed E-state index contributed by atoms with van der Waals surface area (Å²) < 4.78 is 6.93. The van der Waals surface area contributed by atoms with Gasteiger partial charge in [0, 0.05) is 79.3 Å². The van der Waals surface area contributed by atoms with E-state index in [1.54, 1.807) is 37.9 Å². The summed E-state index contributed by atoms with van der Waals surface area (Å²) in [6.45, 7) is 6.21. The number of nitriles is 1. The number of anilines is 1. The van der Waals surface area contributed by atoms with Crippen LogP contribution in [0.4, 0.5) is 5.82 Å². The molecule has 8 heterocycles. The van der Waals surface area contributed by atoms with Crippen molar-refractivity contribution in [2.75, 3.05) is 25.1 Å². The second-order valence-corrected chi connectivity index (χ2v) is 12.5. The van der Waals surface area contributed by atoms with Crippen LogP contribution in [0.2, 0.25) is 0 Å². The first-order chi connectivity index (χ1) is 20.3. The Kier molecular flexibility index (Phi) is 6.42. The molecule has 10 nitrogen and oxygen atoms in total. The number of hydrogen-bond acceptors (Lipinski definition) is 10. The maximum Gasteiger partial charge on any atom is 0.212 e. The molecule has 5 aromatic heterocycles. The molecule has 0 aliphatic carbocycles. The summed E-state index contributed by atoms with van der Waals surface area (Å²) in [6.07, 6.45) is 10.3. The minimum absolute atomic E-state index is 0.488. The van der Waals surface area contributed by atoms with Crippen molar-refractivity contribution < 1.29 is 9.84 Å². The van der Waals surface area contributed by atoms with Gasteiger partial charge in [0.2, 0.25) is 5.88 Å². The average Bonchev–Trinajstić information content (AvgIpc) is 3.68. The number of piperazine rings is 1. The van der Waals surface area contributed by atoms with Gasteiger partial charge in [-0.2, -0.15) is 10.4 Å². The molecule has 0 amide bonds. The number of ether oxygens (including phenoxy) is 1. The molecule has 3 saturated heterocycles. The van der Waals surface area contributed by atoms with Crippen molar-refractivity contribution in [2.45, 2.75) is 44.5 Å². The van der Waals surface area contributed by atoms with Crippen LogP contribution in [-0.2, 0) is 12.1 Å². The summed E-state index contributed by atoms with van der Waals surface area (Å²) in [4.78, 5) is 19.5. The van der Waals surface area contributed by atoms with Crippen LogP contribution in [0.1, 0.15) is 36.4 Å². The third-order valence-electron chi connectivity index (χ3n) is 8.15. The molecule has 5 aromatic rings. The van der Waals surface area contributed by atoms with Crippen molar-refractivity contribution >= 4 is 22.7 Å². The van der Waals surface area contributed by atoms with E-state index in [2.05, 4.69) is 55.2 Å². The van der Waals surface area contributed by atoms with Crippen LogP contribution in [0.3, 0.4) is 0 Å². The molecule has 42 heavy (non-hydrogen) atoms. The lowest BCUT2D eigenvalue weighted by Crippen LogP contribution is -2.68. The monoisotopic (exact) mass is 578 g/mol. The number of rotatable bonds is 7. The smallest absolute Gasteiger partial charge is 0.212 e. The van der Waals surface area contributed by atoms with E-state index in [0.717, 1.165) is 52.5 Å². The highest BCUT2D eigenvalue weighted by molar-refractivity contribution is 7.15. The van der Waals surface area contributed by atoms with Crippen LogP contribution in [0, 0.1) is 11.3 Å². The largest absolute Gasteiger partial charge is 0.481 e. The predicted octanol–water partition coefficient (Wildman–Crippen LogP) is 4.49. The second-order valence-electron chi connectivity index (χ2n) is 11.4. The maximum absolute atomic E-state index is 10.4. The van der Waals surface area contributed by atoms with E-state index >= 15 is 0 Å². The van der Waals surface area contributed by atoms with Gasteiger partial charge in [0.1, 0.15) is 22.5 Å². The molecule has 3 aliphatic rings. The SMILES string of the molecule is COc1ccc(CN2C3CC2CN(c2ccc(-c4cc(-c5cnc(C(C)(C)O)s5)cn5ncc(C#N)c45)cn2)C3)cn1. The summed E-state index contributed by atoms with van der Waals surface area (Å²) in [6, 6.07) is 13.5. The fraction of sp³-hybridized carbons (Fsp3) is 0.323. The van der Waals surface area contributed by atoms with E-state index in [-0.39, 0.29) is 0 Å². The molecule has 2 bridgehead atoms. The van der Waals surface area contributed by atoms with E-state index < -0.39 is 5.60 Å². The highest BCUT2D eigenvalue weighted by Crippen LogP contribution is 2.38. The Labute approximate surface area is 247 Å². The molecule has 0 aromatic carbocycles. The molecule has 0 saturated carbocycles. The van der Waals surface area contributed by atoms with E-state index in [9.17, 15) is 10.4 Å². The van der Waals surface area contributed by atoms with Crippen LogP contribution >= 0.6 is 11.3 Å². The van der Waals surface area contributed by atoms with Crippen molar-refractivity contribution in [2.24, 2.45) is 0 Å². The third-order valence-corrected chi connectivity index (χ3v) is 9.50. The number of piperidine rings is 1. The first-order valence-corrected chi connectivity index (χ1v) is 14.7. The van der Waals surface area contributed by atoms with Crippen molar-refractivity contribution in [1.29, 1.82) is 5.26 Å². The zero-order chi connectivity index (χ0) is 29.0. The Hall–Kier alpha value is -4.37. The molecule has 1 N–H and O–H groups in total. The quantitative estimate of drug-likeness (QED) is 0.298. The lowest BCUT2D eigenvalue weighted by Gasteiger charge is -2.56. The number of fused-ring (bicyclic) bond motifs is 3. The van der Waals surface area contributed by atoms with E-state index in [1.807, 2.05) is 24.7 Å². The molecular formula is C31H30N8O2S. The van der Waals surface area contributed by atoms with E-state index in [4.69, 9.17) is 9.72 Å². The molecule has 2 unspecified atom stereocenters. The average molecular weight is 579 g/mol. The van der Waals surface area contributed by atoms with Gasteiger partial charge in [-0.15, -0.1) is 11.3 Å². The zero-order valence-electron chi connectivity index (χ0n) is 23.6. The lowest BCUT2D eigenvalue weighted by atomic mass is 9.87. The summed E-state index contributed by atoms with van der Waals surface area (Å²) in [5.74, 6) is 1.59. The topological polar surface area (TPSA) is 116 Å². The summed E-state index contributed by atoms with van der Waals surface area (Å²) in [5.41, 5.74) is 4.11. The standard InChI is InChI=1S/C31H30N8O2S/c1-31(2,40)30-35-14-26(42-30)21-8-25(29-22(10-32)13-36-39(29)16-21)20-5-6-27(33-12-20)37-17-23-9-24(18-37)38(23)15-19-4-7-28(41-3)34-11-19/h4-8,11-14,16,23-24,40H,9,15,17-18H2,1-3H3. The van der Waals surface area contributed by atoms with Crippen LogP contribution in [0.5, 0.6) is 5.88 Å². The van der Waals surface area contributed by atoms with Crippen molar-refractivity contribution in [3.8, 4) is 33.5 Å². The van der Waals surface area contributed by atoms with Gasteiger partial charge in [-0.25, -0.2) is 19.5 Å². The number of nitrogens with zero attached hydrogens (tertiary/aromatic N) is 8. The minimum Gasteiger partial charge on any atom is -0.481 e.